The molecule has 1 unspecified atom stereocenters. The maximum Gasteiger partial charge on any atom is 0.229 e. The van der Waals surface area contributed by atoms with E-state index >= 15 is 0 Å². The first-order valence-corrected chi connectivity index (χ1v) is 9.56. The molecule has 1 atom stereocenters. The van der Waals surface area contributed by atoms with Crippen molar-refractivity contribution in [3.63, 3.8) is 0 Å². The van der Waals surface area contributed by atoms with E-state index in [0.717, 1.165) is 5.69 Å². The Morgan fingerprint density at radius 3 is 2.83 bits per heavy atom. The van der Waals surface area contributed by atoms with Crippen LogP contribution in [0.5, 0.6) is 5.75 Å². The van der Waals surface area contributed by atoms with Crippen LogP contribution in [0.4, 0.5) is 17.5 Å². The number of halogens is 1. The van der Waals surface area contributed by atoms with Crippen LogP contribution in [-0.2, 0) is 9.84 Å². The number of hydrogen-bond acceptors (Lipinski definition) is 7. The summed E-state index contributed by atoms with van der Waals surface area (Å²) in [6.07, 6.45) is 2.19. The number of ether oxygens (including phenoxy) is 1. The van der Waals surface area contributed by atoms with Gasteiger partial charge in [0, 0.05) is 17.9 Å². The highest BCUT2D eigenvalue weighted by atomic mass is 35.5. The van der Waals surface area contributed by atoms with Crippen LogP contribution in [0.1, 0.15) is 6.42 Å². The molecule has 0 radical (unpaired) electrons. The Kier molecular flexibility index (Phi) is 4.77. The van der Waals surface area contributed by atoms with Crippen molar-refractivity contribution in [3.8, 4) is 5.75 Å². The van der Waals surface area contributed by atoms with Crippen LogP contribution < -0.4 is 15.4 Å². The van der Waals surface area contributed by atoms with Gasteiger partial charge in [-0.05, 0) is 30.7 Å². The molecule has 1 aromatic carbocycles. The van der Waals surface area contributed by atoms with Gasteiger partial charge < -0.3 is 15.4 Å². The maximum absolute atomic E-state index is 11.5. The van der Waals surface area contributed by atoms with Crippen LogP contribution >= 0.6 is 11.6 Å². The van der Waals surface area contributed by atoms with Crippen molar-refractivity contribution in [2.75, 3.05) is 29.2 Å². The Hall–Kier alpha value is -2.06. The topological polar surface area (TPSA) is 93.2 Å². The lowest BCUT2D eigenvalue weighted by atomic mass is 10.2. The van der Waals surface area contributed by atoms with Crippen molar-refractivity contribution in [1.29, 1.82) is 0 Å². The van der Waals surface area contributed by atoms with Crippen molar-refractivity contribution in [1.82, 2.24) is 9.97 Å². The number of nitrogens with one attached hydrogen (secondary N) is 2. The predicted octanol–water partition coefficient (Wildman–Crippen LogP) is 2.48. The van der Waals surface area contributed by atoms with Crippen molar-refractivity contribution in [2.45, 2.75) is 12.5 Å². The summed E-state index contributed by atoms with van der Waals surface area (Å²) < 4.78 is 28.1. The van der Waals surface area contributed by atoms with E-state index in [1.54, 1.807) is 37.6 Å². The van der Waals surface area contributed by atoms with Crippen LogP contribution in [0.2, 0.25) is 5.02 Å². The first kappa shape index (κ1) is 16.8. The quantitative estimate of drug-likeness (QED) is 0.837. The van der Waals surface area contributed by atoms with Gasteiger partial charge in [-0.25, -0.2) is 13.4 Å². The summed E-state index contributed by atoms with van der Waals surface area (Å²) in [4.78, 5) is 8.50. The SMILES string of the molecule is COc1ccc(Nc2nccc(NC3CCS(=O)(=O)C3)n2)cc1Cl. The summed E-state index contributed by atoms with van der Waals surface area (Å²) in [6, 6.07) is 6.85. The standard InChI is InChI=1S/C15H17ClN4O3S/c1-23-13-3-2-10(8-12(13)16)19-15-17-6-4-14(20-15)18-11-5-7-24(21,22)9-11/h2-4,6,8,11H,5,7,9H2,1H3,(H2,17,18,19,20). The minimum Gasteiger partial charge on any atom is -0.495 e. The molecule has 128 valence electrons. The van der Waals surface area contributed by atoms with Crippen LogP contribution in [0, 0.1) is 0 Å². The molecule has 0 amide bonds. The molecule has 24 heavy (non-hydrogen) atoms. The number of anilines is 3. The number of sulfone groups is 1. The summed E-state index contributed by atoms with van der Waals surface area (Å²) in [7, 11) is -1.38. The highest BCUT2D eigenvalue weighted by molar-refractivity contribution is 7.91. The van der Waals surface area contributed by atoms with Crippen molar-refractivity contribution in [2.24, 2.45) is 0 Å². The molecule has 1 aliphatic rings. The van der Waals surface area contributed by atoms with Crippen LogP contribution in [0.15, 0.2) is 30.5 Å². The monoisotopic (exact) mass is 368 g/mol. The third-order valence-corrected chi connectivity index (χ3v) is 5.71. The zero-order valence-corrected chi connectivity index (χ0v) is 14.6. The first-order valence-electron chi connectivity index (χ1n) is 7.36. The van der Waals surface area contributed by atoms with Gasteiger partial charge in [0.15, 0.2) is 9.84 Å². The second-order valence-electron chi connectivity index (χ2n) is 5.48. The molecule has 2 heterocycles. The zero-order valence-electron chi connectivity index (χ0n) is 13.0. The Balaban J connectivity index is 1.70. The molecule has 3 rings (SSSR count). The minimum atomic E-state index is -2.93. The lowest BCUT2D eigenvalue weighted by molar-refractivity contribution is 0.415. The largest absolute Gasteiger partial charge is 0.495 e. The van der Waals surface area contributed by atoms with Gasteiger partial charge in [0.05, 0.1) is 23.6 Å². The van der Waals surface area contributed by atoms with Gasteiger partial charge in [0.2, 0.25) is 5.95 Å². The van der Waals surface area contributed by atoms with E-state index in [1.807, 2.05) is 0 Å². The lowest BCUT2D eigenvalue weighted by Crippen LogP contribution is -2.21. The Bertz CT molecular complexity index is 844. The van der Waals surface area contributed by atoms with E-state index in [-0.39, 0.29) is 17.5 Å². The molecule has 2 N–H and O–H groups in total. The molecule has 0 bridgehead atoms. The number of benzene rings is 1. The zero-order chi connectivity index (χ0) is 17.2. The first-order chi connectivity index (χ1) is 11.4. The average molecular weight is 369 g/mol. The van der Waals surface area contributed by atoms with Crippen LogP contribution in [-0.4, -0.2) is 43.0 Å². The lowest BCUT2D eigenvalue weighted by Gasteiger charge is -2.13. The van der Waals surface area contributed by atoms with Gasteiger partial charge in [0.1, 0.15) is 11.6 Å². The van der Waals surface area contributed by atoms with Gasteiger partial charge in [-0.15, -0.1) is 0 Å². The molecular weight excluding hydrogens is 352 g/mol. The molecule has 0 spiro atoms. The normalized spacial score (nSPS) is 19.0. The fourth-order valence-electron chi connectivity index (χ4n) is 2.49. The molecule has 0 saturated carbocycles. The third-order valence-electron chi connectivity index (χ3n) is 3.65. The predicted molar refractivity (Wildman–Crippen MR) is 94.0 cm³/mol. The summed E-state index contributed by atoms with van der Waals surface area (Å²) in [5, 5.41) is 6.67. The number of aromatic nitrogens is 2. The van der Waals surface area contributed by atoms with E-state index in [9.17, 15) is 8.42 Å². The summed E-state index contributed by atoms with van der Waals surface area (Å²) >= 11 is 6.09. The van der Waals surface area contributed by atoms with Crippen LogP contribution in [0.3, 0.4) is 0 Å². The van der Waals surface area contributed by atoms with Crippen molar-refractivity contribution in [3.05, 3.63) is 35.5 Å². The smallest absolute Gasteiger partial charge is 0.229 e. The number of methoxy groups -OCH3 is 1. The van der Waals surface area contributed by atoms with Crippen LogP contribution in [0.25, 0.3) is 0 Å². The number of nitrogens with zero attached hydrogens (tertiary/aromatic N) is 2. The summed E-state index contributed by atoms with van der Waals surface area (Å²) in [5.41, 5.74) is 0.724. The second-order valence-corrected chi connectivity index (χ2v) is 8.12. The molecular formula is C15H17ClN4O3S. The minimum absolute atomic E-state index is 0.117. The third kappa shape index (κ3) is 4.07. The molecule has 7 nitrogen and oxygen atoms in total. The number of rotatable bonds is 5. The van der Waals surface area contributed by atoms with Crippen molar-refractivity contribution < 1.29 is 13.2 Å². The second kappa shape index (κ2) is 6.82. The van der Waals surface area contributed by atoms with E-state index in [0.29, 0.717) is 29.0 Å². The molecule has 1 aromatic heterocycles. The van der Waals surface area contributed by atoms with Gasteiger partial charge >= 0.3 is 0 Å². The highest BCUT2D eigenvalue weighted by Crippen LogP contribution is 2.28. The molecule has 1 aliphatic heterocycles. The molecule has 1 fully saturated rings. The van der Waals surface area contributed by atoms with Gasteiger partial charge in [-0.2, -0.15) is 4.98 Å². The van der Waals surface area contributed by atoms with E-state index in [2.05, 4.69) is 20.6 Å². The van der Waals surface area contributed by atoms with Gasteiger partial charge in [0.25, 0.3) is 0 Å². The molecule has 0 aliphatic carbocycles. The number of hydrogen-bond donors (Lipinski definition) is 2. The average Bonchev–Trinajstić information content (AvgIpc) is 2.86. The Morgan fingerprint density at radius 1 is 1.33 bits per heavy atom. The fraction of sp³-hybridized carbons (Fsp3) is 0.333. The summed E-state index contributed by atoms with van der Waals surface area (Å²) in [6.45, 7) is 0. The molecule has 2 aromatic rings. The van der Waals surface area contributed by atoms with E-state index < -0.39 is 9.84 Å². The van der Waals surface area contributed by atoms with Gasteiger partial charge in [-0.3, -0.25) is 0 Å². The van der Waals surface area contributed by atoms with E-state index in [1.165, 1.54) is 0 Å². The molecule has 1 saturated heterocycles. The highest BCUT2D eigenvalue weighted by Gasteiger charge is 2.27. The summed E-state index contributed by atoms with van der Waals surface area (Å²) in [5.74, 6) is 1.90. The van der Waals surface area contributed by atoms with E-state index in [4.69, 9.17) is 16.3 Å². The van der Waals surface area contributed by atoms with Crippen molar-refractivity contribution >= 4 is 38.9 Å². The molecule has 9 heteroatoms. The fourth-order valence-corrected chi connectivity index (χ4v) is 4.42. The van der Waals surface area contributed by atoms with Gasteiger partial charge in [-0.1, -0.05) is 11.6 Å². The Labute approximate surface area is 145 Å². The Morgan fingerprint density at radius 2 is 2.17 bits per heavy atom. The maximum atomic E-state index is 11.5.